The number of aliphatic carboxylic acids is 1. The Morgan fingerprint density at radius 2 is 2.10 bits per heavy atom. The minimum absolute atomic E-state index is 0.193. The smallest absolute Gasteiger partial charge is 0.326 e. The highest BCUT2D eigenvalue weighted by Gasteiger charge is 2.18. The first-order chi connectivity index (χ1) is 9.93. The summed E-state index contributed by atoms with van der Waals surface area (Å²) in [5, 5.41) is 12.2. The monoisotopic (exact) mass is 331 g/mol. The number of rotatable bonds is 7. The van der Waals surface area contributed by atoms with Gasteiger partial charge in [0.25, 0.3) is 0 Å². The number of hydrogen-bond donors (Lipinski definition) is 2. The van der Waals surface area contributed by atoms with Crippen molar-refractivity contribution in [2.24, 2.45) is 0 Å². The van der Waals surface area contributed by atoms with Crippen LogP contribution in [0.15, 0.2) is 24.3 Å². The van der Waals surface area contributed by atoms with Crippen molar-refractivity contribution in [2.45, 2.75) is 12.5 Å². The number of hydrogen-bond acceptors (Lipinski definition) is 3. The summed E-state index contributed by atoms with van der Waals surface area (Å²) in [5.74, 6) is -1.62. The van der Waals surface area contributed by atoms with E-state index in [1.165, 1.54) is 19.3 Å². The highest BCUT2D eigenvalue weighted by Crippen LogP contribution is 2.23. The molecule has 0 aromatic heterocycles. The summed E-state index contributed by atoms with van der Waals surface area (Å²) in [6.07, 6.45) is 2.95. The number of carbonyl (C=O) groups is 2. The molecular weight excluding hydrogens is 317 g/mol. The quantitative estimate of drug-likeness (QED) is 0.753. The zero-order chi connectivity index (χ0) is 15.8. The molecule has 1 aromatic rings. The molecule has 0 radical (unpaired) electrons. The second-order valence-corrected chi connectivity index (χ2v) is 5.00. The molecule has 0 spiro atoms. The van der Waals surface area contributed by atoms with E-state index in [1.54, 1.807) is 18.2 Å². The van der Waals surface area contributed by atoms with Crippen LogP contribution in [-0.2, 0) is 14.3 Å². The minimum atomic E-state index is -1.11. The zero-order valence-electron chi connectivity index (χ0n) is 11.3. The molecular formula is C14H15Cl2NO4. The maximum Gasteiger partial charge on any atom is 0.326 e. The molecule has 0 saturated heterocycles. The molecule has 1 atom stereocenters. The third kappa shape index (κ3) is 6.16. The van der Waals surface area contributed by atoms with Crippen molar-refractivity contribution in [2.75, 3.05) is 13.7 Å². The van der Waals surface area contributed by atoms with Gasteiger partial charge in [0, 0.05) is 26.2 Å². The Hall–Kier alpha value is -1.56. The summed E-state index contributed by atoms with van der Waals surface area (Å²) in [6, 6.07) is 3.92. The predicted molar refractivity (Wildman–Crippen MR) is 81.6 cm³/mol. The van der Waals surface area contributed by atoms with Gasteiger partial charge in [-0.3, -0.25) is 4.79 Å². The number of benzene rings is 1. The Morgan fingerprint density at radius 1 is 1.38 bits per heavy atom. The van der Waals surface area contributed by atoms with Gasteiger partial charge in [-0.05, 0) is 23.8 Å². The van der Waals surface area contributed by atoms with Gasteiger partial charge >= 0.3 is 5.97 Å². The molecule has 0 aliphatic carbocycles. The molecule has 21 heavy (non-hydrogen) atoms. The minimum Gasteiger partial charge on any atom is -0.480 e. The Kier molecular flexibility index (Phi) is 7.22. The lowest BCUT2D eigenvalue weighted by Crippen LogP contribution is -2.40. The van der Waals surface area contributed by atoms with E-state index in [9.17, 15) is 9.59 Å². The van der Waals surface area contributed by atoms with Gasteiger partial charge in [0.05, 0.1) is 10.0 Å². The van der Waals surface area contributed by atoms with Gasteiger partial charge in [0.2, 0.25) is 5.91 Å². The van der Waals surface area contributed by atoms with E-state index in [0.717, 1.165) is 0 Å². The van der Waals surface area contributed by atoms with Gasteiger partial charge in [-0.15, -0.1) is 0 Å². The molecule has 1 amide bonds. The molecule has 5 nitrogen and oxygen atoms in total. The van der Waals surface area contributed by atoms with Crippen molar-refractivity contribution in [3.63, 3.8) is 0 Å². The second kappa shape index (κ2) is 8.67. The van der Waals surface area contributed by atoms with Gasteiger partial charge in [-0.1, -0.05) is 29.3 Å². The largest absolute Gasteiger partial charge is 0.480 e. The fraction of sp³-hybridized carbons (Fsp3) is 0.286. The highest BCUT2D eigenvalue weighted by atomic mass is 35.5. The van der Waals surface area contributed by atoms with Gasteiger partial charge in [0.15, 0.2) is 0 Å². The molecule has 1 rings (SSSR count). The molecule has 0 heterocycles. The highest BCUT2D eigenvalue weighted by molar-refractivity contribution is 6.42. The van der Waals surface area contributed by atoms with Crippen LogP contribution in [0.1, 0.15) is 12.0 Å². The summed E-state index contributed by atoms with van der Waals surface area (Å²) in [4.78, 5) is 22.7. The van der Waals surface area contributed by atoms with Crippen LogP contribution in [0.3, 0.4) is 0 Å². The van der Waals surface area contributed by atoms with E-state index in [1.807, 2.05) is 0 Å². The fourth-order valence-electron chi connectivity index (χ4n) is 1.50. The molecule has 2 N–H and O–H groups in total. The van der Waals surface area contributed by atoms with Crippen LogP contribution >= 0.6 is 23.2 Å². The standard InChI is InChI=1S/C14H15Cl2NO4/c1-21-7-6-12(14(19)20)17-13(18)5-3-9-2-4-10(15)11(16)8-9/h2-5,8,12H,6-7H2,1H3,(H,17,18)(H,19,20). The van der Waals surface area contributed by atoms with Gasteiger partial charge in [-0.2, -0.15) is 0 Å². The summed E-state index contributed by atoms with van der Waals surface area (Å²) < 4.78 is 4.80. The molecule has 0 aliphatic rings. The number of amides is 1. The predicted octanol–water partition coefficient (Wildman–Crippen LogP) is 2.61. The number of nitrogens with one attached hydrogen (secondary N) is 1. The molecule has 114 valence electrons. The Balaban J connectivity index is 2.64. The summed E-state index contributed by atoms with van der Waals surface area (Å²) in [7, 11) is 1.46. The van der Waals surface area contributed by atoms with Crippen LogP contribution in [0.4, 0.5) is 0 Å². The van der Waals surface area contributed by atoms with Crippen LogP contribution in [0.2, 0.25) is 10.0 Å². The van der Waals surface area contributed by atoms with Crippen LogP contribution in [0.5, 0.6) is 0 Å². The first kappa shape index (κ1) is 17.5. The normalized spacial score (nSPS) is 12.3. The van der Waals surface area contributed by atoms with E-state index < -0.39 is 17.9 Å². The molecule has 0 bridgehead atoms. The number of methoxy groups -OCH3 is 1. The van der Waals surface area contributed by atoms with Crippen molar-refractivity contribution in [1.82, 2.24) is 5.32 Å². The molecule has 1 aromatic carbocycles. The zero-order valence-corrected chi connectivity index (χ0v) is 12.8. The van der Waals surface area contributed by atoms with Gasteiger partial charge < -0.3 is 15.2 Å². The van der Waals surface area contributed by atoms with Crippen molar-refractivity contribution in [1.29, 1.82) is 0 Å². The third-order valence-corrected chi connectivity index (χ3v) is 3.34. The fourth-order valence-corrected chi connectivity index (χ4v) is 1.81. The van der Waals surface area contributed by atoms with Crippen molar-refractivity contribution in [3.05, 3.63) is 39.9 Å². The molecule has 7 heteroatoms. The van der Waals surface area contributed by atoms with Gasteiger partial charge in [0.1, 0.15) is 6.04 Å². The Morgan fingerprint density at radius 3 is 2.67 bits per heavy atom. The average molecular weight is 332 g/mol. The molecule has 1 unspecified atom stereocenters. The van der Waals surface area contributed by atoms with E-state index in [4.69, 9.17) is 33.0 Å². The van der Waals surface area contributed by atoms with E-state index in [-0.39, 0.29) is 13.0 Å². The second-order valence-electron chi connectivity index (χ2n) is 4.19. The SMILES string of the molecule is COCCC(NC(=O)C=Cc1ccc(Cl)c(Cl)c1)C(=O)O. The van der Waals surface area contributed by atoms with Crippen molar-refractivity contribution < 1.29 is 19.4 Å². The number of ether oxygens (including phenoxy) is 1. The number of carbonyl (C=O) groups excluding carboxylic acids is 1. The Labute approximate surface area is 132 Å². The number of carboxylic acid groups (broad SMARTS) is 1. The maximum absolute atomic E-state index is 11.7. The van der Waals surface area contributed by atoms with Crippen molar-refractivity contribution in [3.8, 4) is 0 Å². The van der Waals surface area contributed by atoms with Crippen LogP contribution in [0.25, 0.3) is 6.08 Å². The molecule has 0 aliphatic heterocycles. The first-order valence-corrected chi connectivity index (χ1v) is 6.85. The van der Waals surface area contributed by atoms with E-state index in [2.05, 4.69) is 5.32 Å². The van der Waals surface area contributed by atoms with Gasteiger partial charge in [-0.25, -0.2) is 4.79 Å². The summed E-state index contributed by atoms with van der Waals surface area (Å²) in [6.45, 7) is 0.244. The lowest BCUT2D eigenvalue weighted by molar-refractivity contribution is -0.141. The lowest BCUT2D eigenvalue weighted by Gasteiger charge is -2.12. The number of halogens is 2. The molecule has 0 fully saturated rings. The Bertz CT molecular complexity index is 546. The molecule has 0 saturated carbocycles. The summed E-state index contributed by atoms with van der Waals surface area (Å²) in [5.41, 5.74) is 0.684. The van der Waals surface area contributed by atoms with Crippen LogP contribution < -0.4 is 5.32 Å². The topological polar surface area (TPSA) is 75.6 Å². The number of carboxylic acids is 1. The van der Waals surface area contributed by atoms with E-state index in [0.29, 0.717) is 15.6 Å². The first-order valence-electron chi connectivity index (χ1n) is 6.09. The average Bonchev–Trinajstić information content (AvgIpc) is 2.44. The third-order valence-electron chi connectivity index (χ3n) is 2.60. The van der Waals surface area contributed by atoms with Crippen LogP contribution in [-0.4, -0.2) is 36.7 Å². The summed E-state index contributed by atoms with van der Waals surface area (Å²) >= 11 is 11.6. The lowest BCUT2D eigenvalue weighted by atomic mass is 10.2. The van der Waals surface area contributed by atoms with E-state index >= 15 is 0 Å². The van der Waals surface area contributed by atoms with Crippen LogP contribution in [0, 0.1) is 0 Å². The maximum atomic E-state index is 11.7. The van der Waals surface area contributed by atoms with Crippen molar-refractivity contribution >= 4 is 41.2 Å².